The molecule has 29 heavy (non-hydrogen) atoms. The van der Waals surface area contributed by atoms with Gasteiger partial charge in [0.15, 0.2) is 0 Å². The summed E-state index contributed by atoms with van der Waals surface area (Å²) in [6, 6.07) is 11.2. The van der Waals surface area contributed by atoms with Crippen LogP contribution in [0.3, 0.4) is 0 Å². The Labute approximate surface area is 177 Å². The summed E-state index contributed by atoms with van der Waals surface area (Å²) in [4.78, 5) is 15.1. The Morgan fingerprint density at radius 3 is 2.41 bits per heavy atom. The lowest BCUT2D eigenvalue weighted by Gasteiger charge is -2.22. The van der Waals surface area contributed by atoms with Gasteiger partial charge in [0, 0.05) is 29.7 Å². The van der Waals surface area contributed by atoms with Gasteiger partial charge in [-0.05, 0) is 68.7 Å². The Balaban J connectivity index is 1.77. The van der Waals surface area contributed by atoms with Crippen LogP contribution in [0, 0.1) is 0 Å². The molecule has 0 aliphatic carbocycles. The summed E-state index contributed by atoms with van der Waals surface area (Å²) < 4.78 is 27.3. The van der Waals surface area contributed by atoms with Crippen LogP contribution >= 0.6 is 11.6 Å². The van der Waals surface area contributed by atoms with E-state index in [-0.39, 0.29) is 16.8 Å². The summed E-state index contributed by atoms with van der Waals surface area (Å²) in [7, 11) is -3.60. The second-order valence-corrected chi connectivity index (χ2v) is 9.42. The molecule has 1 unspecified atom stereocenters. The van der Waals surface area contributed by atoms with Gasteiger partial charge in [-0.15, -0.1) is 0 Å². The number of halogens is 1. The molecule has 2 N–H and O–H groups in total. The summed E-state index contributed by atoms with van der Waals surface area (Å²) in [5.41, 5.74) is 1.97. The fourth-order valence-electron chi connectivity index (χ4n) is 3.24. The van der Waals surface area contributed by atoms with Crippen molar-refractivity contribution in [3.05, 3.63) is 53.1 Å². The summed E-state index contributed by atoms with van der Waals surface area (Å²) in [5.74, 6) is -0.313. The first-order valence-electron chi connectivity index (χ1n) is 9.78. The topological polar surface area (TPSA) is 78.5 Å². The summed E-state index contributed by atoms with van der Waals surface area (Å²) in [6.45, 7) is 5.61. The quantitative estimate of drug-likeness (QED) is 0.680. The van der Waals surface area contributed by atoms with Crippen molar-refractivity contribution in [2.75, 3.05) is 23.3 Å². The second kappa shape index (κ2) is 9.15. The molecule has 0 bridgehead atoms. The molecule has 1 atom stereocenters. The molecule has 1 aliphatic heterocycles. The fraction of sp³-hybridized carbons (Fsp3) is 0.381. The highest BCUT2D eigenvalue weighted by atomic mass is 35.5. The molecule has 1 fully saturated rings. The van der Waals surface area contributed by atoms with Crippen molar-refractivity contribution in [1.82, 2.24) is 4.72 Å². The number of nitrogens with one attached hydrogen (secondary N) is 2. The normalized spacial score (nSPS) is 15.3. The van der Waals surface area contributed by atoms with Crippen LogP contribution in [-0.4, -0.2) is 33.5 Å². The minimum Gasteiger partial charge on any atom is -0.370 e. The third-order valence-electron chi connectivity index (χ3n) is 5.05. The van der Waals surface area contributed by atoms with Gasteiger partial charge < -0.3 is 10.2 Å². The van der Waals surface area contributed by atoms with Crippen LogP contribution in [0.15, 0.2) is 47.4 Å². The maximum atomic E-state index is 12.7. The van der Waals surface area contributed by atoms with Gasteiger partial charge in [0.25, 0.3) is 5.91 Å². The van der Waals surface area contributed by atoms with Crippen LogP contribution in [0.5, 0.6) is 0 Å². The average molecular weight is 436 g/mol. The molecule has 1 heterocycles. The van der Waals surface area contributed by atoms with E-state index in [1.807, 2.05) is 26.0 Å². The number of rotatable bonds is 7. The number of nitrogens with zero attached hydrogens (tertiary/aromatic N) is 1. The van der Waals surface area contributed by atoms with Crippen molar-refractivity contribution >= 4 is 38.9 Å². The molecule has 156 valence electrons. The molecule has 0 saturated carbocycles. The highest BCUT2D eigenvalue weighted by molar-refractivity contribution is 7.89. The molecular formula is C21H26ClN3O3S. The second-order valence-electron chi connectivity index (χ2n) is 7.26. The minimum absolute atomic E-state index is 0.134. The fourth-order valence-corrected chi connectivity index (χ4v) is 4.74. The Kier molecular flexibility index (Phi) is 6.82. The van der Waals surface area contributed by atoms with E-state index in [9.17, 15) is 13.2 Å². The first kappa shape index (κ1) is 21.6. The third kappa shape index (κ3) is 5.29. The van der Waals surface area contributed by atoms with Gasteiger partial charge in [-0.2, -0.15) is 0 Å². The molecule has 3 rings (SSSR count). The largest absolute Gasteiger partial charge is 0.370 e. The number of amides is 1. The average Bonchev–Trinajstić information content (AvgIpc) is 3.22. The van der Waals surface area contributed by atoms with Crippen LogP contribution in [0.2, 0.25) is 5.02 Å². The van der Waals surface area contributed by atoms with Crippen molar-refractivity contribution < 1.29 is 13.2 Å². The maximum absolute atomic E-state index is 12.7. The first-order chi connectivity index (χ1) is 13.8. The van der Waals surface area contributed by atoms with Crippen molar-refractivity contribution in [3.8, 4) is 0 Å². The molecule has 2 aromatic carbocycles. The van der Waals surface area contributed by atoms with Crippen molar-refractivity contribution in [3.63, 3.8) is 0 Å². The van der Waals surface area contributed by atoms with Gasteiger partial charge in [-0.1, -0.05) is 18.5 Å². The zero-order chi connectivity index (χ0) is 21.0. The SMILES string of the molecule is CCC(C)NS(=O)(=O)c1ccc(C(=O)Nc2cc(Cl)ccc2N2CCCC2)cc1. The monoisotopic (exact) mass is 435 g/mol. The molecule has 1 aliphatic rings. The summed E-state index contributed by atoms with van der Waals surface area (Å²) in [6.07, 6.45) is 2.94. The van der Waals surface area contributed by atoms with Crippen molar-refractivity contribution in [2.24, 2.45) is 0 Å². The van der Waals surface area contributed by atoms with Crippen LogP contribution in [0.25, 0.3) is 0 Å². The Bertz CT molecular complexity index is 971. The van der Waals surface area contributed by atoms with Gasteiger partial charge in [0.1, 0.15) is 0 Å². The predicted molar refractivity (Wildman–Crippen MR) is 117 cm³/mol. The zero-order valence-corrected chi connectivity index (χ0v) is 18.2. The third-order valence-corrected chi connectivity index (χ3v) is 6.89. The zero-order valence-electron chi connectivity index (χ0n) is 16.6. The lowest BCUT2D eigenvalue weighted by molar-refractivity contribution is 0.102. The lowest BCUT2D eigenvalue weighted by atomic mass is 10.2. The van der Waals surface area contributed by atoms with E-state index in [0.717, 1.165) is 31.6 Å². The van der Waals surface area contributed by atoms with E-state index in [0.29, 0.717) is 22.7 Å². The smallest absolute Gasteiger partial charge is 0.255 e. The molecule has 8 heteroatoms. The van der Waals surface area contributed by atoms with Crippen LogP contribution in [0.1, 0.15) is 43.5 Å². The van der Waals surface area contributed by atoms with E-state index < -0.39 is 10.0 Å². The number of carbonyl (C=O) groups excluding carboxylic acids is 1. The number of sulfonamides is 1. The Hall–Kier alpha value is -2.09. The van der Waals surface area contributed by atoms with Crippen LogP contribution in [0.4, 0.5) is 11.4 Å². The van der Waals surface area contributed by atoms with Gasteiger partial charge in [0.05, 0.1) is 16.3 Å². The number of carbonyl (C=O) groups is 1. The number of hydrogen-bond acceptors (Lipinski definition) is 4. The molecule has 0 spiro atoms. The molecule has 6 nitrogen and oxygen atoms in total. The van der Waals surface area contributed by atoms with Gasteiger partial charge in [0.2, 0.25) is 10.0 Å². The number of anilines is 2. The van der Waals surface area contributed by atoms with Gasteiger partial charge in [-0.3, -0.25) is 4.79 Å². The van der Waals surface area contributed by atoms with E-state index in [4.69, 9.17) is 11.6 Å². The highest BCUT2D eigenvalue weighted by Gasteiger charge is 2.19. The van der Waals surface area contributed by atoms with Gasteiger partial charge in [-0.25, -0.2) is 13.1 Å². The lowest BCUT2D eigenvalue weighted by Crippen LogP contribution is -2.32. The Morgan fingerprint density at radius 2 is 1.79 bits per heavy atom. The number of hydrogen-bond donors (Lipinski definition) is 2. The predicted octanol–water partition coefficient (Wildman–Crippen LogP) is 4.27. The number of benzene rings is 2. The first-order valence-corrected chi connectivity index (χ1v) is 11.6. The van der Waals surface area contributed by atoms with E-state index in [1.54, 1.807) is 6.07 Å². The molecular weight excluding hydrogens is 410 g/mol. The molecule has 1 saturated heterocycles. The molecule has 2 aromatic rings. The highest BCUT2D eigenvalue weighted by Crippen LogP contribution is 2.32. The van der Waals surface area contributed by atoms with E-state index in [1.165, 1.54) is 24.3 Å². The molecule has 0 aromatic heterocycles. The van der Waals surface area contributed by atoms with E-state index >= 15 is 0 Å². The summed E-state index contributed by atoms with van der Waals surface area (Å²) >= 11 is 6.13. The molecule has 1 amide bonds. The van der Waals surface area contributed by atoms with Crippen LogP contribution < -0.4 is 14.9 Å². The maximum Gasteiger partial charge on any atom is 0.255 e. The molecule has 0 radical (unpaired) electrons. The van der Waals surface area contributed by atoms with Crippen molar-refractivity contribution in [2.45, 2.75) is 44.0 Å². The summed E-state index contributed by atoms with van der Waals surface area (Å²) in [5, 5.41) is 3.46. The van der Waals surface area contributed by atoms with Gasteiger partial charge >= 0.3 is 0 Å². The van der Waals surface area contributed by atoms with Crippen LogP contribution in [-0.2, 0) is 10.0 Å². The standard InChI is InChI=1S/C21H26ClN3O3S/c1-3-15(2)24-29(27,28)18-9-6-16(7-10-18)21(26)23-19-14-17(22)8-11-20(19)25-12-4-5-13-25/h6-11,14-15,24H,3-5,12-13H2,1-2H3,(H,23,26). The van der Waals surface area contributed by atoms with Crippen molar-refractivity contribution in [1.29, 1.82) is 0 Å². The van der Waals surface area contributed by atoms with E-state index in [2.05, 4.69) is 14.9 Å². The minimum atomic E-state index is -3.60. The Morgan fingerprint density at radius 1 is 1.14 bits per heavy atom.